The van der Waals surface area contributed by atoms with E-state index in [1.54, 1.807) is 13.8 Å². The third kappa shape index (κ3) is 7.34. The van der Waals surface area contributed by atoms with Crippen molar-refractivity contribution in [1.82, 2.24) is 0 Å². The third-order valence-electron chi connectivity index (χ3n) is 11.8. The van der Waals surface area contributed by atoms with Gasteiger partial charge >= 0.3 is 17.9 Å². The maximum atomic E-state index is 12.9. The molecule has 0 amide bonds. The number of hydrogen-bond acceptors (Lipinski definition) is 9. The Morgan fingerprint density at radius 2 is 1.47 bits per heavy atom. The Labute approximate surface area is 290 Å². The largest absolute Gasteiger partial charge is 0.462 e. The van der Waals surface area contributed by atoms with Gasteiger partial charge in [-0.1, -0.05) is 19.7 Å². The highest BCUT2D eigenvalue weighted by Crippen LogP contribution is 2.51. The van der Waals surface area contributed by atoms with Crippen molar-refractivity contribution in [3.63, 3.8) is 0 Å². The van der Waals surface area contributed by atoms with Gasteiger partial charge in [-0.25, -0.2) is 14.4 Å². The molecular weight excluding hydrogens is 624 g/mol. The van der Waals surface area contributed by atoms with Crippen LogP contribution in [0.3, 0.4) is 0 Å². The molecule has 2 saturated heterocycles. The Balaban J connectivity index is 1.20. The van der Waals surface area contributed by atoms with Gasteiger partial charge in [0.25, 0.3) is 0 Å². The standard InChI is InChI=1S/C40H54O9/c1-6-35(41)47-40(22-10-13-29(25-40)30-15-17-33(45-30)38(19-7-8-20-38)48-36(42)26(2)3)34-18-16-31(46-34)28-12-9-21-39(24-28,32-14-11-23-44-32)49-37(43)27(4)5/h6,15,17,28-29,31-32,34H,1-2,4,7-14,16,18-25H2,3,5H3. The second kappa shape index (κ2) is 14.6. The van der Waals surface area contributed by atoms with E-state index in [1.807, 2.05) is 12.1 Å². The van der Waals surface area contributed by atoms with Crippen molar-refractivity contribution in [2.45, 2.75) is 158 Å². The second-order valence-corrected chi connectivity index (χ2v) is 15.4. The lowest BCUT2D eigenvalue weighted by molar-refractivity contribution is -0.193. The van der Waals surface area contributed by atoms with Crippen LogP contribution in [0.2, 0.25) is 0 Å². The highest BCUT2D eigenvalue weighted by atomic mass is 16.6. The number of rotatable bonds is 11. The zero-order valence-corrected chi connectivity index (χ0v) is 29.4. The van der Waals surface area contributed by atoms with Crippen molar-refractivity contribution < 1.29 is 42.5 Å². The average molecular weight is 679 g/mol. The van der Waals surface area contributed by atoms with Gasteiger partial charge in [-0.05, 0) is 135 Å². The predicted octanol–water partition coefficient (Wildman–Crippen LogP) is 8.07. The molecule has 5 fully saturated rings. The Kier molecular flexibility index (Phi) is 10.6. The molecule has 3 heterocycles. The lowest BCUT2D eigenvalue weighted by Crippen LogP contribution is -2.52. The van der Waals surface area contributed by atoms with Crippen molar-refractivity contribution in [3.8, 4) is 0 Å². The zero-order valence-electron chi connectivity index (χ0n) is 29.4. The van der Waals surface area contributed by atoms with Crippen molar-refractivity contribution in [3.05, 3.63) is 60.6 Å². The summed E-state index contributed by atoms with van der Waals surface area (Å²) in [6.07, 6.45) is 13.9. The fourth-order valence-electron chi connectivity index (χ4n) is 9.37. The van der Waals surface area contributed by atoms with E-state index in [0.29, 0.717) is 55.6 Å². The molecule has 1 aromatic rings. The van der Waals surface area contributed by atoms with Gasteiger partial charge in [-0.2, -0.15) is 0 Å². The minimum absolute atomic E-state index is 0.00135. The number of carbonyl (C=O) groups is 3. The number of ether oxygens (including phenoxy) is 5. The highest BCUT2D eigenvalue weighted by molar-refractivity contribution is 5.87. The van der Waals surface area contributed by atoms with Crippen LogP contribution < -0.4 is 0 Å². The number of hydrogen-bond donors (Lipinski definition) is 0. The summed E-state index contributed by atoms with van der Waals surface area (Å²) in [7, 11) is 0. The maximum Gasteiger partial charge on any atom is 0.334 e. The van der Waals surface area contributed by atoms with Crippen LogP contribution in [0.4, 0.5) is 0 Å². The summed E-state index contributed by atoms with van der Waals surface area (Å²) in [6.45, 7) is 15.3. The van der Waals surface area contributed by atoms with Gasteiger partial charge in [0.1, 0.15) is 22.7 Å². The van der Waals surface area contributed by atoms with Gasteiger partial charge in [0.2, 0.25) is 0 Å². The summed E-state index contributed by atoms with van der Waals surface area (Å²) in [5.74, 6) is 0.455. The molecule has 49 heavy (non-hydrogen) atoms. The normalized spacial score (nSPS) is 34.2. The molecule has 2 aliphatic heterocycles. The SMILES string of the molecule is C=CC(=O)OC1(C2CCC(C3CCCC(OC(=O)C(=C)C)(C4CCCO4)C3)O2)CCCC(c2ccc(C3(OC(=O)C(=C)C)CCCC3)o2)C1. The van der Waals surface area contributed by atoms with Crippen LogP contribution in [0.25, 0.3) is 0 Å². The van der Waals surface area contributed by atoms with Gasteiger partial charge < -0.3 is 28.1 Å². The van der Waals surface area contributed by atoms with Gasteiger partial charge in [0.15, 0.2) is 5.60 Å². The molecule has 0 N–H and O–H groups in total. The summed E-state index contributed by atoms with van der Waals surface area (Å²) >= 11 is 0. The van der Waals surface area contributed by atoms with Crippen LogP contribution in [0, 0.1) is 5.92 Å². The number of esters is 3. The minimum atomic E-state index is -0.833. The molecule has 7 unspecified atom stereocenters. The van der Waals surface area contributed by atoms with Crippen LogP contribution >= 0.6 is 0 Å². The fraction of sp³-hybridized carbons (Fsp3) is 0.675. The monoisotopic (exact) mass is 678 g/mol. The Morgan fingerprint density at radius 3 is 2.14 bits per heavy atom. The molecule has 0 aromatic carbocycles. The van der Waals surface area contributed by atoms with Crippen molar-refractivity contribution in [2.75, 3.05) is 6.61 Å². The molecule has 5 aliphatic rings. The Bertz CT molecular complexity index is 1430. The van der Waals surface area contributed by atoms with E-state index in [2.05, 4.69) is 19.7 Å². The molecule has 0 spiro atoms. The first-order valence-corrected chi connectivity index (χ1v) is 18.5. The van der Waals surface area contributed by atoms with Crippen LogP contribution in [0.5, 0.6) is 0 Å². The van der Waals surface area contributed by atoms with Crippen LogP contribution in [0.1, 0.15) is 134 Å². The van der Waals surface area contributed by atoms with E-state index < -0.39 is 28.7 Å². The smallest absolute Gasteiger partial charge is 0.334 e. The maximum absolute atomic E-state index is 12.9. The molecular formula is C40H54O9. The van der Waals surface area contributed by atoms with Gasteiger partial charge in [-0.3, -0.25) is 0 Å². The molecule has 9 heteroatoms. The second-order valence-electron chi connectivity index (χ2n) is 15.4. The summed E-state index contributed by atoms with van der Waals surface area (Å²) in [5.41, 5.74) is -1.54. The topological polar surface area (TPSA) is 111 Å². The molecule has 3 saturated carbocycles. The highest BCUT2D eigenvalue weighted by Gasteiger charge is 2.54. The van der Waals surface area contributed by atoms with E-state index in [1.165, 1.54) is 6.08 Å². The van der Waals surface area contributed by atoms with Gasteiger partial charge in [0, 0.05) is 29.7 Å². The fourth-order valence-corrected chi connectivity index (χ4v) is 9.37. The molecule has 0 bridgehead atoms. The van der Waals surface area contributed by atoms with Gasteiger partial charge in [-0.15, -0.1) is 0 Å². The van der Waals surface area contributed by atoms with E-state index in [0.717, 1.165) is 76.4 Å². The quantitative estimate of drug-likeness (QED) is 0.130. The van der Waals surface area contributed by atoms with Crippen LogP contribution in [-0.4, -0.2) is 54.0 Å². The molecule has 3 aliphatic carbocycles. The number of carbonyl (C=O) groups excluding carboxylic acids is 3. The summed E-state index contributed by atoms with van der Waals surface area (Å²) in [6, 6.07) is 3.95. The third-order valence-corrected chi connectivity index (χ3v) is 11.8. The summed E-state index contributed by atoms with van der Waals surface area (Å²) in [4.78, 5) is 38.3. The molecule has 6 rings (SSSR count). The molecule has 7 atom stereocenters. The van der Waals surface area contributed by atoms with Gasteiger partial charge in [0.05, 0.1) is 18.3 Å². The van der Waals surface area contributed by atoms with Crippen molar-refractivity contribution in [1.29, 1.82) is 0 Å². The number of furan rings is 1. The first kappa shape index (κ1) is 35.6. The minimum Gasteiger partial charge on any atom is -0.462 e. The van der Waals surface area contributed by atoms with Crippen LogP contribution in [0.15, 0.2) is 53.5 Å². The summed E-state index contributed by atoms with van der Waals surface area (Å²) in [5, 5.41) is 0. The average Bonchev–Trinajstić information content (AvgIpc) is 3.92. The molecule has 268 valence electrons. The summed E-state index contributed by atoms with van der Waals surface area (Å²) < 4.78 is 38.2. The predicted molar refractivity (Wildman–Crippen MR) is 182 cm³/mol. The van der Waals surface area contributed by atoms with Crippen molar-refractivity contribution in [2.24, 2.45) is 5.92 Å². The van der Waals surface area contributed by atoms with E-state index in [9.17, 15) is 14.4 Å². The lowest BCUT2D eigenvalue weighted by Gasteiger charge is -2.46. The first-order chi connectivity index (χ1) is 23.5. The zero-order chi connectivity index (χ0) is 34.8. The van der Waals surface area contributed by atoms with Crippen molar-refractivity contribution >= 4 is 17.9 Å². The van der Waals surface area contributed by atoms with E-state index in [4.69, 9.17) is 28.1 Å². The first-order valence-electron chi connectivity index (χ1n) is 18.5. The molecule has 9 nitrogen and oxygen atoms in total. The molecule has 0 radical (unpaired) electrons. The Morgan fingerprint density at radius 1 is 0.776 bits per heavy atom. The molecule has 1 aromatic heterocycles. The van der Waals surface area contributed by atoms with Crippen LogP contribution in [-0.2, 0) is 43.7 Å². The lowest BCUT2D eigenvalue weighted by atomic mass is 9.71. The Hall–Kier alpha value is -3.17. The van der Waals surface area contributed by atoms with E-state index >= 15 is 0 Å². The van der Waals surface area contributed by atoms with E-state index in [-0.39, 0.29) is 36.1 Å².